The van der Waals surface area contributed by atoms with Gasteiger partial charge in [0, 0.05) is 11.1 Å². The van der Waals surface area contributed by atoms with Crippen LogP contribution < -0.4 is 10.1 Å². The number of Topliss-reactive ketones (excluding diaryl/α,β-unsaturated/α-hetero) is 1. The van der Waals surface area contributed by atoms with E-state index in [0.717, 1.165) is 0 Å². The first kappa shape index (κ1) is 19.2. The van der Waals surface area contributed by atoms with Crippen molar-refractivity contribution >= 4 is 17.7 Å². The van der Waals surface area contributed by atoms with Crippen LogP contribution in [0.25, 0.3) is 0 Å². The lowest BCUT2D eigenvalue weighted by Crippen LogP contribution is -2.40. The number of hydrogen-bond acceptors (Lipinski definition) is 4. The molecule has 0 saturated carbocycles. The van der Waals surface area contributed by atoms with Gasteiger partial charge in [-0.2, -0.15) is 0 Å². The monoisotopic (exact) mass is 355 g/mol. The zero-order chi connectivity index (χ0) is 19.1. The van der Waals surface area contributed by atoms with Crippen molar-refractivity contribution in [3.63, 3.8) is 0 Å². The number of aliphatic carboxylic acids is 1. The summed E-state index contributed by atoms with van der Waals surface area (Å²) in [6, 6.07) is 12.2. The number of carbonyl (C=O) groups excluding carboxylic acids is 2. The van der Waals surface area contributed by atoms with Crippen LogP contribution in [0.15, 0.2) is 48.5 Å². The lowest BCUT2D eigenvalue weighted by Gasteiger charge is -2.13. The topological polar surface area (TPSA) is 92.7 Å². The first-order valence-electron chi connectivity index (χ1n) is 8.33. The van der Waals surface area contributed by atoms with Gasteiger partial charge in [0.1, 0.15) is 17.5 Å². The molecule has 0 aromatic heterocycles. The SMILES string of the molecule is CCCC(NC(=O)c1ccc(Oc2ccc(C(C)=O)cc2)cc1)C(=O)O. The third-order valence-corrected chi connectivity index (χ3v) is 3.79. The van der Waals surface area contributed by atoms with Crippen LogP contribution in [0.2, 0.25) is 0 Å². The van der Waals surface area contributed by atoms with Crippen molar-refractivity contribution in [3.05, 3.63) is 59.7 Å². The summed E-state index contributed by atoms with van der Waals surface area (Å²) in [6.45, 7) is 3.35. The van der Waals surface area contributed by atoms with Crippen molar-refractivity contribution in [1.29, 1.82) is 0 Å². The molecule has 1 atom stereocenters. The van der Waals surface area contributed by atoms with Crippen LogP contribution in [0.5, 0.6) is 11.5 Å². The van der Waals surface area contributed by atoms with E-state index in [1.165, 1.54) is 6.92 Å². The van der Waals surface area contributed by atoms with E-state index >= 15 is 0 Å². The zero-order valence-electron chi connectivity index (χ0n) is 14.7. The van der Waals surface area contributed by atoms with Gasteiger partial charge in [-0.3, -0.25) is 9.59 Å². The van der Waals surface area contributed by atoms with E-state index in [4.69, 9.17) is 9.84 Å². The fourth-order valence-electron chi connectivity index (χ4n) is 2.36. The van der Waals surface area contributed by atoms with E-state index in [1.807, 2.05) is 6.92 Å². The second-order valence-electron chi connectivity index (χ2n) is 5.86. The highest BCUT2D eigenvalue weighted by atomic mass is 16.5. The Hall–Kier alpha value is -3.15. The minimum absolute atomic E-state index is 0.0188. The van der Waals surface area contributed by atoms with E-state index < -0.39 is 17.9 Å². The number of carboxylic acids is 1. The molecular weight excluding hydrogens is 334 g/mol. The minimum Gasteiger partial charge on any atom is -0.480 e. The molecule has 0 fully saturated rings. The van der Waals surface area contributed by atoms with Gasteiger partial charge in [-0.15, -0.1) is 0 Å². The average molecular weight is 355 g/mol. The molecule has 1 amide bonds. The summed E-state index contributed by atoms with van der Waals surface area (Å²) in [6.07, 6.45) is 1.03. The Bertz CT molecular complexity index is 781. The van der Waals surface area contributed by atoms with Crippen molar-refractivity contribution in [2.75, 3.05) is 0 Å². The van der Waals surface area contributed by atoms with E-state index in [9.17, 15) is 14.4 Å². The van der Waals surface area contributed by atoms with Gasteiger partial charge < -0.3 is 15.2 Å². The van der Waals surface area contributed by atoms with E-state index in [2.05, 4.69) is 5.32 Å². The smallest absolute Gasteiger partial charge is 0.326 e. The summed E-state index contributed by atoms with van der Waals surface area (Å²) < 4.78 is 5.67. The standard InChI is InChI=1S/C20H21NO5/c1-3-4-18(20(24)25)21-19(23)15-7-11-17(12-8-15)26-16-9-5-14(6-10-16)13(2)22/h5-12,18H,3-4H2,1-2H3,(H,21,23)(H,24,25). The van der Waals surface area contributed by atoms with Gasteiger partial charge in [0.15, 0.2) is 5.78 Å². The molecule has 2 aromatic carbocycles. The summed E-state index contributed by atoms with van der Waals surface area (Å²) in [7, 11) is 0. The maximum atomic E-state index is 12.2. The van der Waals surface area contributed by atoms with Crippen LogP contribution in [-0.2, 0) is 4.79 Å². The predicted molar refractivity (Wildman–Crippen MR) is 96.8 cm³/mol. The molecule has 6 nitrogen and oxygen atoms in total. The Labute approximate surface area is 151 Å². The third kappa shape index (κ3) is 5.17. The molecule has 136 valence electrons. The molecule has 0 aliphatic rings. The number of amides is 1. The van der Waals surface area contributed by atoms with E-state index in [1.54, 1.807) is 48.5 Å². The van der Waals surface area contributed by atoms with Crippen LogP contribution in [0.4, 0.5) is 0 Å². The quantitative estimate of drug-likeness (QED) is 0.705. The third-order valence-electron chi connectivity index (χ3n) is 3.79. The highest BCUT2D eigenvalue weighted by Gasteiger charge is 2.19. The molecule has 26 heavy (non-hydrogen) atoms. The summed E-state index contributed by atoms with van der Waals surface area (Å²) >= 11 is 0. The number of nitrogens with one attached hydrogen (secondary N) is 1. The molecule has 2 aromatic rings. The van der Waals surface area contributed by atoms with Crippen molar-refractivity contribution in [2.24, 2.45) is 0 Å². The number of hydrogen-bond donors (Lipinski definition) is 2. The molecule has 0 bridgehead atoms. The second kappa shape index (κ2) is 8.80. The van der Waals surface area contributed by atoms with Gasteiger partial charge in [0.25, 0.3) is 5.91 Å². The Morgan fingerprint density at radius 1 is 0.962 bits per heavy atom. The first-order chi connectivity index (χ1) is 12.4. The fourth-order valence-corrected chi connectivity index (χ4v) is 2.36. The summed E-state index contributed by atoms with van der Waals surface area (Å²) in [5.74, 6) is -0.409. The molecule has 0 saturated heterocycles. The molecule has 0 aliphatic carbocycles. The number of benzene rings is 2. The van der Waals surface area contributed by atoms with Crippen molar-refractivity contribution in [3.8, 4) is 11.5 Å². The summed E-state index contributed by atoms with van der Waals surface area (Å²) in [4.78, 5) is 34.5. The summed E-state index contributed by atoms with van der Waals surface area (Å²) in [5.41, 5.74) is 0.955. The van der Waals surface area contributed by atoms with E-state index in [-0.39, 0.29) is 5.78 Å². The van der Waals surface area contributed by atoms with Crippen LogP contribution >= 0.6 is 0 Å². The second-order valence-corrected chi connectivity index (χ2v) is 5.86. The maximum absolute atomic E-state index is 12.2. The van der Waals surface area contributed by atoms with Crippen molar-refractivity contribution in [1.82, 2.24) is 5.32 Å². The molecule has 0 spiro atoms. The number of carbonyl (C=O) groups is 3. The summed E-state index contributed by atoms with van der Waals surface area (Å²) in [5, 5.41) is 11.6. The zero-order valence-corrected chi connectivity index (χ0v) is 14.7. The Kier molecular flexibility index (Phi) is 6.49. The number of rotatable bonds is 8. The molecule has 1 unspecified atom stereocenters. The highest BCUT2D eigenvalue weighted by Crippen LogP contribution is 2.22. The molecular formula is C20H21NO5. The minimum atomic E-state index is -1.05. The molecule has 0 aliphatic heterocycles. The van der Waals surface area contributed by atoms with Crippen LogP contribution in [0.3, 0.4) is 0 Å². The molecule has 2 N–H and O–H groups in total. The van der Waals surface area contributed by atoms with Crippen LogP contribution in [-0.4, -0.2) is 28.8 Å². The lowest BCUT2D eigenvalue weighted by molar-refractivity contribution is -0.139. The highest BCUT2D eigenvalue weighted by molar-refractivity contribution is 5.96. The van der Waals surface area contributed by atoms with Gasteiger partial charge in [-0.05, 0) is 61.9 Å². The Morgan fingerprint density at radius 2 is 1.46 bits per heavy atom. The van der Waals surface area contributed by atoms with Crippen molar-refractivity contribution in [2.45, 2.75) is 32.7 Å². The number of ether oxygens (including phenoxy) is 1. The molecule has 6 heteroatoms. The molecule has 0 heterocycles. The van der Waals surface area contributed by atoms with Crippen LogP contribution in [0.1, 0.15) is 47.4 Å². The fraction of sp³-hybridized carbons (Fsp3) is 0.250. The Balaban J connectivity index is 2.01. The largest absolute Gasteiger partial charge is 0.480 e. The maximum Gasteiger partial charge on any atom is 0.326 e. The lowest BCUT2D eigenvalue weighted by atomic mass is 10.1. The normalized spacial score (nSPS) is 11.5. The predicted octanol–water partition coefficient (Wildman–Crippen LogP) is 3.66. The number of ketones is 1. The van der Waals surface area contributed by atoms with Crippen LogP contribution in [0, 0.1) is 0 Å². The van der Waals surface area contributed by atoms with Gasteiger partial charge >= 0.3 is 5.97 Å². The number of carboxylic acid groups (broad SMARTS) is 1. The van der Waals surface area contributed by atoms with Gasteiger partial charge in [-0.25, -0.2) is 4.79 Å². The molecule has 0 radical (unpaired) electrons. The average Bonchev–Trinajstić information content (AvgIpc) is 2.62. The first-order valence-corrected chi connectivity index (χ1v) is 8.33. The van der Waals surface area contributed by atoms with Gasteiger partial charge in [0.2, 0.25) is 0 Å². The van der Waals surface area contributed by atoms with Gasteiger partial charge in [-0.1, -0.05) is 13.3 Å². The van der Waals surface area contributed by atoms with E-state index in [0.29, 0.717) is 35.5 Å². The molecule has 2 rings (SSSR count). The van der Waals surface area contributed by atoms with Crippen molar-refractivity contribution < 1.29 is 24.2 Å². The Morgan fingerprint density at radius 3 is 1.88 bits per heavy atom. The van der Waals surface area contributed by atoms with Gasteiger partial charge in [0.05, 0.1) is 0 Å².